The summed E-state index contributed by atoms with van der Waals surface area (Å²) in [6.07, 6.45) is 4.36. The molecule has 0 fully saturated rings. The lowest BCUT2D eigenvalue weighted by atomic mass is 9.99. The van der Waals surface area contributed by atoms with Crippen molar-refractivity contribution >= 4 is 29.0 Å². The molecule has 1 unspecified atom stereocenters. The van der Waals surface area contributed by atoms with Crippen molar-refractivity contribution in [3.63, 3.8) is 0 Å². The number of aryl methyl sites for hydroxylation is 1. The molecule has 0 saturated carbocycles. The van der Waals surface area contributed by atoms with Gasteiger partial charge in [-0.25, -0.2) is 0 Å². The molecule has 2 aromatic carbocycles. The Kier molecular flexibility index (Phi) is 5.79. The number of hydrogen-bond donors (Lipinski definition) is 0. The summed E-state index contributed by atoms with van der Waals surface area (Å²) in [6.45, 7) is 4.78. The molecule has 5 nitrogen and oxygen atoms in total. The highest BCUT2D eigenvalue weighted by atomic mass is 16.5. The van der Waals surface area contributed by atoms with Crippen LogP contribution in [0.5, 0.6) is 0 Å². The number of aliphatic imine (C=N–C) groups is 1. The highest BCUT2D eigenvalue weighted by molar-refractivity contribution is 6.07. The van der Waals surface area contributed by atoms with Crippen LogP contribution < -0.4 is 0 Å². The zero-order valence-electron chi connectivity index (χ0n) is 17.4. The Morgan fingerprint density at radius 1 is 1.10 bits per heavy atom. The minimum atomic E-state index is -0.696. The van der Waals surface area contributed by atoms with Gasteiger partial charge in [-0.1, -0.05) is 43.7 Å². The lowest BCUT2D eigenvalue weighted by Gasteiger charge is -2.16. The summed E-state index contributed by atoms with van der Waals surface area (Å²) in [6, 6.07) is 15.6. The normalized spacial score (nSPS) is 15.6. The summed E-state index contributed by atoms with van der Waals surface area (Å²) in [5.74, 6) is -1.21. The molecule has 30 heavy (non-hydrogen) atoms. The number of esters is 1. The van der Waals surface area contributed by atoms with Gasteiger partial charge in [0.05, 0.1) is 12.1 Å². The van der Waals surface area contributed by atoms with Gasteiger partial charge in [-0.05, 0) is 49.1 Å². The fourth-order valence-electron chi connectivity index (χ4n) is 4.20. The average Bonchev–Trinajstić information content (AvgIpc) is 2.92. The van der Waals surface area contributed by atoms with E-state index in [2.05, 4.69) is 11.9 Å². The molecule has 4 rings (SSSR count). The van der Waals surface area contributed by atoms with Gasteiger partial charge in [0.25, 0.3) is 5.91 Å². The third kappa shape index (κ3) is 3.56. The Balaban J connectivity index is 1.90. The van der Waals surface area contributed by atoms with Crippen molar-refractivity contribution < 1.29 is 14.3 Å². The molecule has 0 spiro atoms. The fourth-order valence-corrected chi connectivity index (χ4v) is 4.20. The zero-order chi connectivity index (χ0) is 21.1. The predicted octanol–water partition coefficient (Wildman–Crippen LogP) is 4.56. The summed E-state index contributed by atoms with van der Waals surface area (Å²) >= 11 is 0. The SMILES string of the molecule is CCCc1ccc(C(=O)n2c3c(c4ccccc42)CCN=CC3C(=O)OCC)cc1. The van der Waals surface area contributed by atoms with E-state index in [0.717, 1.165) is 29.3 Å². The maximum atomic E-state index is 13.7. The molecule has 1 aromatic heterocycles. The highest BCUT2D eigenvalue weighted by Gasteiger charge is 2.32. The van der Waals surface area contributed by atoms with Crippen LogP contribution >= 0.6 is 0 Å². The van der Waals surface area contributed by atoms with Gasteiger partial charge in [0, 0.05) is 29.4 Å². The third-order valence-corrected chi connectivity index (χ3v) is 5.54. The molecule has 0 aliphatic carbocycles. The van der Waals surface area contributed by atoms with Crippen LogP contribution in [-0.4, -0.2) is 35.8 Å². The lowest BCUT2D eigenvalue weighted by Crippen LogP contribution is -2.24. The highest BCUT2D eigenvalue weighted by Crippen LogP contribution is 2.34. The van der Waals surface area contributed by atoms with E-state index in [1.165, 1.54) is 5.56 Å². The topological polar surface area (TPSA) is 60.7 Å². The van der Waals surface area contributed by atoms with Gasteiger partial charge < -0.3 is 4.74 Å². The van der Waals surface area contributed by atoms with Gasteiger partial charge in [-0.2, -0.15) is 0 Å². The number of benzene rings is 2. The fraction of sp³-hybridized carbons (Fsp3) is 0.320. The number of nitrogens with zero attached hydrogens (tertiary/aromatic N) is 2. The number of carbonyl (C=O) groups excluding carboxylic acids is 2. The first-order chi connectivity index (χ1) is 14.7. The van der Waals surface area contributed by atoms with Crippen LogP contribution in [0.15, 0.2) is 53.5 Å². The van der Waals surface area contributed by atoms with Crippen LogP contribution in [0.2, 0.25) is 0 Å². The van der Waals surface area contributed by atoms with Crippen molar-refractivity contribution in [3.05, 3.63) is 70.9 Å². The number of hydrogen-bond acceptors (Lipinski definition) is 4. The van der Waals surface area contributed by atoms with Crippen molar-refractivity contribution in [2.45, 2.75) is 39.0 Å². The average molecular weight is 402 g/mol. The van der Waals surface area contributed by atoms with Gasteiger partial charge in [0.15, 0.2) is 0 Å². The Morgan fingerprint density at radius 2 is 1.87 bits per heavy atom. The molecule has 0 radical (unpaired) electrons. The molecule has 2 heterocycles. The molecule has 1 aliphatic rings. The summed E-state index contributed by atoms with van der Waals surface area (Å²) in [5.41, 5.74) is 4.30. The van der Waals surface area contributed by atoms with Gasteiger partial charge in [0.2, 0.25) is 0 Å². The molecule has 3 aromatic rings. The first-order valence-electron chi connectivity index (χ1n) is 10.6. The second-order valence-electron chi connectivity index (χ2n) is 7.50. The molecule has 0 N–H and O–H groups in total. The van der Waals surface area contributed by atoms with E-state index in [1.54, 1.807) is 17.7 Å². The first-order valence-corrected chi connectivity index (χ1v) is 10.6. The maximum absolute atomic E-state index is 13.7. The number of para-hydroxylation sites is 1. The number of aromatic nitrogens is 1. The largest absolute Gasteiger partial charge is 0.465 e. The number of rotatable bonds is 5. The molecule has 0 saturated heterocycles. The smallest absolute Gasteiger partial charge is 0.320 e. The van der Waals surface area contributed by atoms with Crippen LogP contribution in [0.1, 0.15) is 53.4 Å². The van der Waals surface area contributed by atoms with Crippen LogP contribution in [0, 0.1) is 0 Å². The Morgan fingerprint density at radius 3 is 2.60 bits per heavy atom. The van der Waals surface area contributed by atoms with Crippen molar-refractivity contribution in [3.8, 4) is 0 Å². The van der Waals surface area contributed by atoms with E-state index < -0.39 is 5.92 Å². The lowest BCUT2D eigenvalue weighted by molar-refractivity contribution is -0.143. The maximum Gasteiger partial charge on any atom is 0.320 e. The van der Waals surface area contributed by atoms with Crippen LogP contribution in [0.4, 0.5) is 0 Å². The number of ether oxygens (including phenoxy) is 1. The van der Waals surface area contributed by atoms with Crippen molar-refractivity contribution in [1.82, 2.24) is 4.57 Å². The van der Waals surface area contributed by atoms with Crippen molar-refractivity contribution in [1.29, 1.82) is 0 Å². The second-order valence-corrected chi connectivity index (χ2v) is 7.50. The van der Waals surface area contributed by atoms with Crippen LogP contribution in [-0.2, 0) is 22.4 Å². The van der Waals surface area contributed by atoms with Gasteiger partial charge in [-0.3, -0.25) is 19.1 Å². The third-order valence-electron chi connectivity index (χ3n) is 5.54. The van der Waals surface area contributed by atoms with Crippen molar-refractivity contribution in [2.24, 2.45) is 4.99 Å². The Labute approximate surface area is 176 Å². The molecule has 154 valence electrons. The number of carbonyl (C=O) groups is 2. The van der Waals surface area contributed by atoms with Crippen molar-refractivity contribution in [2.75, 3.05) is 13.2 Å². The predicted molar refractivity (Wildman–Crippen MR) is 119 cm³/mol. The Hall–Kier alpha value is -3.21. The van der Waals surface area contributed by atoms with Gasteiger partial charge in [0.1, 0.15) is 5.92 Å². The van der Waals surface area contributed by atoms with E-state index >= 15 is 0 Å². The molecule has 0 bridgehead atoms. The minimum absolute atomic E-state index is 0.139. The minimum Gasteiger partial charge on any atom is -0.465 e. The Bertz CT molecular complexity index is 1110. The van der Waals surface area contributed by atoms with Crippen LogP contribution in [0.3, 0.4) is 0 Å². The van der Waals surface area contributed by atoms with E-state index in [0.29, 0.717) is 24.2 Å². The van der Waals surface area contributed by atoms with Gasteiger partial charge >= 0.3 is 5.97 Å². The molecule has 1 atom stereocenters. The standard InChI is InChI=1S/C25H26N2O3/c1-3-7-17-10-12-18(13-11-17)24(28)27-22-9-6-5-8-19(22)20-14-15-26-16-21(23(20)27)25(29)30-4-2/h5-6,8-13,16,21H,3-4,7,14-15H2,1-2H3. The zero-order valence-corrected chi connectivity index (χ0v) is 17.4. The van der Waals surface area contributed by atoms with E-state index in [-0.39, 0.29) is 18.5 Å². The van der Waals surface area contributed by atoms with E-state index in [1.807, 2.05) is 48.5 Å². The first kappa shape index (κ1) is 20.1. The summed E-state index contributed by atoms with van der Waals surface area (Å²) in [5, 5.41) is 0.989. The second kappa shape index (κ2) is 8.66. The quantitative estimate of drug-likeness (QED) is 0.588. The summed E-state index contributed by atoms with van der Waals surface area (Å²) in [4.78, 5) is 30.9. The van der Waals surface area contributed by atoms with Gasteiger partial charge in [-0.15, -0.1) is 0 Å². The molecule has 1 aliphatic heterocycles. The summed E-state index contributed by atoms with van der Waals surface area (Å²) < 4.78 is 7.01. The van der Waals surface area contributed by atoms with E-state index in [9.17, 15) is 9.59 Å². The van der Waals surface area contributed by atoms with Crippen LogP contribution in [0.25, 0.3) is 10.9 Å². The molecule has 0 amide bonds. The summed E-state index contributed by atoms with van der Waals surface area (Å²) in [7, 11) is 0. The number of fused-ring (bicyclic) bond motifs is 3. The molecule has 5 heteroatoms. The molecular formula is C25H26N2O3. The van der Waals surface area contributed by atoms with E-state index in [4.69, 9.17) is 4.74 Å². The monoisotopic (exact) mass is 402 g/mol. The molecular weight excluding hydrogens is 376 g/mol.